The molecule has 34 heavy (non-hydrogen) atoms. The highest BCUT2D eigenvalue weighted by molar-refractivity contribution is 9.10. The molecule has 6 nitrogen and oxygen atoms in total. The van der Waals surface area contributed by atoms with E-state index in [2.05, 4.69) is 29.8 Å². The number of esters is 1. The predicted molar refractivity (Wildman–Crippen MR) is 129 cm³/mol. The molecule has 0 saturated heterocycles. The molecule has 4 aliphatic rings. The number of carbonyl (C=O) groups is 2. The van der Waals surface area contributed by atoms with Crippen molar-refractivity contribution in [3.05, 3.63) is 57.6 Å². The molecule has 1 aromatic rings. The van der Waals surface area contributed by atoms with Crippen LogP contribution in [-0.4, -0.2) is 51.5 Å². The van der Waals surface area contributed by atoms with Crippen LogP contribution in [0.2, 0.25) is 0 Å². The van der Waals surface area contributed by atoms with Crippen LogP contribution in [0.3, 0.4) is 0 Å². The molecule has 8 atom stereocenters. The molecule has 7 heteroatoms. The Morgan fingerprint density at radius 1 is 1.26 bits per heavy atom. The van der Waals surface area contributed by atoms with Gasteiger partial charge in [-0.05, 0) is 75.7 Å². The summed E-state index contributed by atoms with van der Waals surface area (Å²) in [4.78, 5) is 27.5. The zero-order valence-electron chi connectivity index (χ0n) is 19.8. The first kappa shape index (κ1) is 23.9. The summed E-state index contributed by atoms with van der Waals surface area (Å²) in [5, 5.41) is 34.1. The second-order valence-corrected chi connectivity index (χ2v) is 12.0. The minimum Gasteiger partial charge on any atom is -0.451 e. The van der Waals surface area contributed by atoms with Gasteiger partial charge in [-0.3, -0.25) is 4.79 Å². The van der Waals surface area contributed by atoms with Gasteiger partial charge in [0.05, 0.1) is 17.6 Å². The van der Waals surface area contributed by atoms with Gasteiger partial charge in [-0.25, -0.2) is 4.79 Å². The number of halogens is 1. The quantitative estimate of drug-likeness (QED) is 0.408. The fourth-order valence-corrected chi connectivity index (χ4v) is 7.84. The Hall–Kier alpha value is -1.80. The van der Waals surface area contributed by atoms with E-state index in [1.54, 1.807) is 43.3 Å². The van der Waals surface area contributed by atoms with Crippen molar-refractivity contribution in [2.45, 2.75) is 51.9 Å². The molecule has 2 bridgehead atoms. The van der Waals surface area contributed by atoms with Crippen LogP contribution in [0, 0.1) is 34.5 Å². The molecule has 4 aliphatic carbocycles. The average Bonchev–Trinajstić information content (AvgIpc) is 3.28. The van der Waals surface area contributed by atoms with Crippen molar-refractivity contribution >= 4 is 27.7 Å². The third kappa shape index (κ3) is 2.84. The van der Waals surface area contributed by atoms with E-state index >= 15 is 0 Å². The minimum absolute atomic E-state index is 0.0382. The molecule has 2 saturated carbocycles. The van der Waals surface area contributed by atoms with Crippen molar-refractivity contribution in [3.63, 3.8) is 0 Å². The van der Waals surface area contributed by atoms with Gasteiger partial charge in [0.2, 0.25) is 0 Å². The SMILES string of the molecule is CC1=C[C@]23C(=O)C(C=C(CO)[C@@H](O)[C@]2(O)[C@H]1OC(=O)c1ccccc1Br)[C@H]1[C@@H](C[C@H]3C)C1(C)C. The van der Waals surface area contributed by atoms with Crippen molar-refractivity contribution in [2.24, 2.45) is 34.5 Å². The number of benzene rings is 1. The van der Waals surface area contributed by atoms with Crippen molar-refractivity contribution in [3.8, 4) is 0 Å². The minimum atomic E-state index is -2.13. The van der Waals surface area contributed by atoms with Crippen molar-refractivity contribution < 1.29 is 29.6 Å². The van der Waals surface area contributed by atoms with Gasteiger partial charge in [0.1, 0.15) is 6.10 Å². The van der Waals surface area contributed by atoms with Crippen LogP contribution in [0.1, 0.15) is 44.5 Å². The number of carbonyl (C=O) groups excluding carboxylic acids is 2. The highest BCUT2D eigenvalue weighted by Gasteiger charge is 2.76. The summed E-state index contributed by atoms with van der Waals surface area (Å²) >= 11 is 3.36. The molecule has 5 rings (SSSR count). The topological polar surface area (TPSA) is 104 Å². The van der Waals surface area contributed by atoms with Gasteiger partial charge in [0, 0.05) is 10.4 Å². The Bertz CT molecular complexity index is 1140. The summed E-state index contributed by atoms with van der Waals surface area (Å²) in [6.45, 7) is 7.46. The van der Waals surface area contributed by atoms with E-state index in [9.17, 15) is 24.9 Å². The lowest BCUT2D eigenvalue weighted by Crippen LogP contribution is -2.65. The number of ketones is 1. The largest absolute Gasteiger partial charge is 0.451 e. The number of aliphatic hydroxyl groups excluding tert-OH is 2. The van der Waals surface area contributed by atoms with Gasteiger partial charge in [0.25, 0.3) is 0 Å². The molecule has 1 aromatic carbocycles. The Labute approximate surface area is 207 Å². The lowest BCUT2D eigenvalue weighted by atomic mass is 9.59. The second-order valence-electron chi connectivity index (χ2n) is 11.1. The number of ether oxygens (including phenoxy) is 1. The van der Waals surface area contributed by atoms with Gasteiger partial charge < -0.3 is 20.1 Å². The Kier molecular flexibility index (Phi) is 5.34. The number of aliphatic hydroxyl groups is 3. The molecule has 3 N–H and O–H groups in total. The maximum atomic E-state index is 14.3. The number of hydrogen-bond acceptors (Lipinski definition) is 6. The first-order valence-electron chi connectivity index (χ1n) is 11.8. The number of allylic oxidation sites excluding steroid dienone is 1. The summed E-state index contributed by atoms with van der Waals surface area (Å²) in [5.74, 6) is -1.29. The van der Waals surface area contributed by atoms with Crippen LogP contribution < -0.4 is 0 Å². The van der Waals surface area contributed by atoms with E-state index in [1.165, 1.54) is 0 Å². The lowest BCUT2D eigenvalue weighted by molar-refractivity contribution is -0.190. The summed E-state index contributed by atoms with van der Waals surface area (Å²) in [7, 11) is 0. The van der Waals surface area contributed by atoms with Crippen LogP contribution in [0.5, 0.6) is 0 Å². The highest BCUT2D eigenvalue weighted by Crippen LogP contribution is 2.71. The molecule has 0 aromatic heterocycles. The fraction of sp³-hybridized carbons (Fsp3) is 0.556. The van der Waals surface area contributed by atoms with Gasteiger partial charge >= 0.3 is 5.97 Å². The monoisotopic (exact) mass is 530 g/mol. The van der Waals surface area contributed by atoms with E-state index in [1.807, 2.05) is 6.92 Å². The third-order valence-corrected chi connectivity index (χ3v) is 9.91. The van der Waals surface area contributed by atoms with Gasteiger partial charge in [-0.15, -0.1) is 0 Å². The molecule has 182 valence electrons. The molecule has 0 radical (unpaired) electrons. The maximum Gasteiger partial charge on any atom is 0.339 e. The third-order valence-electron chi connectivity index (χ3n) is 9.22. The van der Waals surface area contributed by atoms with Crippen molar-refractivity contribution in [1.82, 2.24) is 0 Å². The molecular formula is C27H31BrO6. The summed E-state index contributed by atoms with van der Waals surface area (Å²) in [6, 6.07) is 6.80. The molecule has 1 spiro atoms. The van der Waals surface area contributed by atoms with Crippen LogP contribution in [0.4, 0.5) is 0 Å². The van der Waals surface area contributed by atoms with E-state index in [0.717, 1.165) is 0 Å². The maximum absolute atomic E-state index is 14.3. The number of Topliss-reactive ketones (excluding diaryl/α,β-unsaturated/α-hetero) is 1. The smallest absolute Gasteiger partial charge is 0.339 e. The standard InChI is InChI=1S/C27H31BrO6/c1-13-11-26-14(2)9-18-20(25(18,3)4)17(22(26)31)10-15(12-29)21(30)27(26,33)23(13)34-24(32)16-7-5-6-8-19(16)28/h5-8,10-11,14,17-18,20-21,23,29-30,33H,9,12H2,1-4H3/t14-,17?,18-,20+,21-,23+,26+,27+/m1/s1. The highest BCUT2D eigenvalue weighted by atomic mass is 79.9. The number of hydrogen-bond donors (Lipinski definition) is 3. The number of rotatable bonds is 3. The van der Waals surface area contributed by atoms with Gasteiger partial charge in [-0.1, -0.05) is 45.1 Å². The van der Waals surface area contributed by atoms with Gasteiger partial charge in [-0.2, -0.15) is 0 Å². The van der Waals surface area contributed by atoms with Crippen LogP contribution in [0.15, 0.2) is 52.0 Å². The Morgan fingerprint density at radius 2 is 1.94 bits per heavy atom. The second kappa shape index (κ2) is 7.60. The predicted octanol–water partition coefficient (Wildman–Crippen LogP) is 3.44. The summed E-state index contributed by atoms with van der Waals surface area (Å²) < 4.78 is 6.42. The van der Waals surface area contributed by atoms with Crippen LogP contribution in [-0.2, 0) is 9.53 Å². The fourth-order valence-electron chi connectivity index (χ4n) is 7.39. The Morgan fingerprint density at radius 3 is 2.59 bits per heavy atom. The number of fused-ring (bicyclic) bond motifs is 3. The summed E-state index contributed by atoms with van der Waals surface area (Å²) in [5.41, 5.74) is -2.60. The van der Waals surface area contributed by atoms with Crippen LogP contribution >= 0.6 is 15.9 Å². The van der Waals surface area contributed by atoms with E-state index in [4.69, 9.17) is 4.74 Å². The molecule has 1 unspecified atom stereocenters. The van der Waals surface area contributed by atoms with E-state index in [0.29, 0.717) is 22.4 Å². The zero-order chi connectivity index (χ0) is 24.8. The zero-order valence-corrected chi connectivity index (χ0v) is 21.4. The molecule has 0 aliphatic heterocycles. The van der Waals surface area contributed by atoms with Crippen molar-refractivity contribution in [2.75, 3.05) is 6.61 Å². The van der Waals surface area contributed by atoms with Crippen molar-refractivity contribution in [1.29, 1.82) is 0 Å². The molecule has 0 amide bonds. The normalized spacial score (nSPS) is 41.9. The molecule has 0 heterocycles. The summed E-state index contributed by atoms with van der Waals surface area (Å²) in [6.07, 6.45) is 1.31. The van der Waals surface area contributed by atoms with E-state index < -0.39 is 41.7 Å². The van der Waals surface area contributed by atoms with Gasteiger partial charge in [0.15, 0.2) is 17.5 Å². The molecular weight excluding hydrogens is 500 g/mol. The first-order valence-corrected chi connectivity index (χ1v) is 12.6. The molecule has 2 fully saturated rings. The lowest BCUT2D eigenvalue weighted by Gasteiger charge is -2.48. The first-order chi connectivity index (χ1) is 15.9. The Balaban J connectivity index is 1.65. The van der Waals surface area contributed by atoms with E-state index in [-0.39, 0.29) is 34.2 Å². The van der Waals surface area contributed by atoms with Crippen LogP contribution in [0.25, 0.3) is 0 Å². The average molecular weight is 531 g/mol.